The van der Waals surface area contributed by atoms with Gasteiger partial charge in [0.2, 0.25) is 0 Å². The fraction of sp³-hybridized carbons (Fsp3) is 0.231. The van der Waals surface area contributed by atoms with Crippen LogP contribution in [0.1, 0.15) is 28.3 Å². The van der Waals surface area contributed by atoms with Crippen LogP contribution in [0.25, 0.3) is 0 Å². The predicted octanol–water partition coefficient (Wildman–Crippen LogP) is 4.75. The largest absolute Gasteiger partial charge is 0.465 e. The molecular weight excluding hydrogens is 386 g/mol. The monoisotopic (exact) mass is 411 g/mol. The maximum Gasteiger partial charge on any atom is 0.407 e. The molecule has 0 aliphatic carbocycles. The van der Waals surface area contributed by atoms with Gasteiger partial charge in [-0.2, -0.15) is 0 Å². The first-order valence-electron chi connectivity index (χ1n) is 10.7. The number of nitrogens with zero attached hydrogens (tertiary/aromatic N) is 3. The minimum absolute atomic E-state index is 0.134. The molecule has 1 amide bonds. The first-order chi connectivity index (χ1) is 15.2. The van der Waals surface area contributed by atoms with Crippen molar-refractivity contribution in [3.05, 3.63) is 101 Å². The minimum Gasteiger partial charge on any atom is -0.465 e. The lowest BCUT2D eigenvalue weighted by molar-refractivity contribution is 0.0634. The molecule has 2 heterocycles. The van der Waals surface area contributed by atoms with E-state index in [1.807, 2.05) is 36.4 Å². The first kappa shape index (κ1) is 19.5. The van der Waals surface area contributed by atoms with Crippen molar-refractivity contribution in [1.29, 1.82) is 0 Å². The molecule has 1 atom stereocenters. The van der Waals surface area contributed by atoms with Gasteiger partial charge in [-0.15, -0.1) is 0 Å². The van der Waals surface area contributed by atoms with Gasteiger partial charge in [-0.25, -0.2) is 9.79 Å². The van der Waals surface area contributed by atoms with Crippen molar-refractivity contribution < 1.29 is 9.90 Å². The third kappa shape index (κ3) is 3.97. The van der Waals surface area contributed by atoms with Crippen LogP contribution in [0.5, 0.6) is 0 Å². The number of carbonyl (C=O) groups is 1. The Morgan fingerprint density at radius 1 is 0.871 bits per heavy atom. The minimum atomic E-state index is -0.830. The van der Waals surface area contributed by atoms with Crippen LogP contribution >= 0.6 is 0 Å². The van der Waals surface area contributed by atoms with E-state index >= 15 is 0 Å². The smallest absolute Gasteiger partial charge is 0.407 e. The molecule has 0 unspecified atom stereocenters. The summed E-state index contributed by atoms with van der Waals surface area (Å²) < 4.78 is 0. The fourth-order valence-corrected chi connectivity index (χ4v) is 4.64. The summed E-state index contributed by atoms with van der Waals surface area (Å²) in [6.45, 7) is 2.87. The number of hydrogen-bond acceptors (Lipinski definition) is 3. The number of amides is 1. The van der Waals surface area contributed by atoms with Crippen LogP contribution < -0.4 is 0 Å². The lowest BCUT2D eigenvalue weighted by Gasteiger charge is -2.44. The van der Waals surface area contributed by atoms with Crippen LogP contribution in [-0.2, 0) is 6.42 Å². The zero-order valence-electron chi connectivity index (χ0n) is 17.3. The third-order valence-corrected chi connectivity index (χ3v) is 6.25. The number of rotatable bonds is 3. The van der Waals surface area contributed by atoms with Crippen molar-refractivity contribution >= 4 is 17.5 Å². The lowest BCUT2D eigenvalue weighted by atomic mass is 9.90. The van der Waals surface area contributed by atoms with Gasteiger partial charge in [0, 0.05) is 37.3 Å². The molecule has 0 radical (unpaired) electrons. The number of hydrogen-bond donors (Lipinski definition) is 1. The summed E-state index contributed by atoms with van der Waals surface area (Å²) in [5, 5.41) is 9.43. The molecule has 3 aromatic carbocycles. The molecule has 2 aliphatic heterocycles. The predicted molar refractivity (Wildman–Crippen MR) is 122 cm³/mol. The molecule has 5 nitrogen and oxygen atoms in total. The summed E-state index contributed by atoms with van der Waals surface area (Å²) in [6, 6.07) is 27.0. The molecule has 3 aromatic rings. The van der Waals surface area contributed by atoms with E-state index in [4.69, 9.17) is 4.99 Å². The Morgan fingerprint density at radius 2 is 1.55 bits per heavy atom. The van der Waals surface area contributed by atoms with Gasteiger partial charge in [0.15, 0.2) is 0 Å². The van der Waals surface area contributed by atoms with E-state index in [2.05, 4.69) is 47.4 Å². The number of aliphatic imine (C=N–C) groups is 1. The quantitative estimate of drug-likeness (QED) is 0.633. The Hall–Kier alpha value is -3.44. The summed E-state index contributed by atoms with van der Waals surface area (Å²) in [6.07, 6.45) is 0.136. The summed E-state index contributed by atoms with van der Waals surface area (Å²) in [4.78, 5) is 20.5. The topological polar surface area (TPSA) is 56.1 Å². The van der Waals surface area contributed by atoms with Gasteiger partial charge >= 0.3 is 6.09 Å². The second kappa shape index (κ2) is 8.36. The normalized spacial score (nSPS) is 18.1. The SMILES string of the molecule is O=C(O)N1CCN2CCc3cc(N=C(c4ccccc4)c4ccccc4)ccc3[C@@H]2C1. The van der Waals surface area contributed by atoms with Gasteiger partial charge in [0.25, 0.3) is 0 Å². The molecule has 5 rings (SSSR count). The van der Waals surface area contributed by atoms with Crippen molar-refractivity contribution in [2.24, 2.45) is 4.99 Å². The summed E-state index contributed by atoms with van der Waals surface area (Å²) in [5.74, 6) is 0. The van der Waals surface area contributed by atoms with Gasteiger partial charge in [-0.05, 0) is 29.7 Å². The Balaban J connectivity index is 1.51. The lowest BCUT2D eigenvalue weighted by Crippen LogP contribution is -2.52. The molecule has 0 bridgehead atoms. The van der Waals surface area contributed by atoms with Gasteiger partial charge in [-0.1, -0.05) is 66.7 Å². The average Bonchev–Trinajstić information content (AvgIpc) is 2.83. The first-order valence-corrected chi connectivity index (χ1v) is 10.7. The van der Waals surface area contributed by atoms with E-state index in [9.17, 15) is 9.90 Å². The highest BCUT2D eigenvalue weighted by molar-refractivity contribution is 6.13. The standard InChI is InChI=1S/C26H25N3O2/c30-26(31)29-16-15-28-14-13-21-17-22(11-12-23(21)24(28)18-29)27-25(19-7-3-1-4-8-19)20-9-5-2-6-10-20/h1-12,17,24H,13-16,18H2,(H,30,31)/t24-/m0/s1. The van der Waals surface area contributed by atoms with E-state index in [-0.39, 0.29) is 6.04 Å². The van der Waals surface area contributed by atoms with Crippen LogP contribution in [0.4, 0.5) is 10.5 Å². The Kier molecular flexibility index (Phi) is 5.26. The number of benzene rings is 3. The molecule has 0 spiro atoms. The van der Waals surface area contributed by atoms with E-state index in [1.165, 1.54) is 16.0 Å². The highest BCUT2D eigenvalue weighted by Gasteiger charge is 2.34. The van der Waals surface area contributed by atoms with Gasteiger partial charge in [-0.3, -0.25) is 4.90 Å². The highest BCUT2D eigenvalue weighted by Crippen LogP contribution is 2.35. The van der Waals surface area contributed by atoms with Crippen molar-refractivity contribution in [2.75, 3.05) is 26.2 Å². The van der Waals surface area contributed by atoms with Crippen LogP contribution in [0.15, 0.2) is 83.9 Å². The molecule has 0 saturated carbocycles. The molecule has 1 fully saturated rings. The summed E-state index contributed by atoms with van der Waals surface area (Å²) in [5.41, 5.74) is 6.56. The summed E-state index contributed by atoms with van der Waals surface area (Å²) in [7, 11) is 0. The maximum absolute atomic E-state index is 11.5. The molecule has 31 heavy (non-hydrogen) atoms. The maximum atomic E-state index is 11.5. The van der Waals surface area contributed by atoms with E-state index in [0.717, 1.165) is 42.0 Å². The molecule has 156 valence electrons. The molecule has 0 aromatic heterocycles. The molecule has 1 N–H and O–H groups in total. The van der Waals surface area contributed by atoms with Gasteiger partial charge in [0.1, 0.15) is 0 Å². The zero-order valence-corrected chi connectivity index (χ0v) is 17.3. The van der Waals surface area contributed by atoms with Crippen molar-refractivity contribution in [2.45, 2.75) is 12.5 Å². The molecular formula is C26H25N3O2. The molecule has 2 aliphatic rings. The van der Waals surface area contributed by atoms with E-state index in [0.29, 0.717) is 13.1 Å². The molecule has 1 saturated heterocycles. The Bertz CT molecular complexity index is 1070. The second-order valence-corrected chi connectivity index (χ2v) is 8.11. The van der Waals surface area contributed by atoms with Crippen molar-refractivity contribution in [3.63, 3.8) is 0 Å². The van der Waals surface area contributed by atoms with Crippen molar-refractivity contribution in [3.8, 4) is 0 Å². The Labute approximate surface area is 182 Å². The second-order valence-electron chi connectivity index (χ2n) is 8.11. The Morgan fingerprint density at radius 3 is 2.19 bits per heavy atom. The fourth-order valence-electron chi connectivity index (χ4n) is 4.64. The van der Waals surface area contributed by atoms with E-state index in [1.54, 1.807) is 0 Å². The van der Waals surface area contributed by atoms with Crippen LogP contribution in [0.2, 0.25) is 0 Å². The van der Waals surface area contributed by atoms with Crippen molar-refractivity contribution in [1.82, 2.24) is 9.80 Å². The number of fused-ring (bicyclic) bond motifs is 3. The third-order valence-electron chi connectivity index (χ3n) is 6.25. The van der Waals surface area contributed by atoms with E-state index < -0.39 is 6.09 Å². The van der Waals surface area contributed by atoms with Gasteiger partial charge in [0.05, 0.1) is 17.4 Å². The average molecular weight is 412 g/mol. The van der Waals surface area contributed by atoms with Crippen LogP contribution in [-0.4, -0.2) is 52.9 Å². The number of carboxylic acid groups (broad SMARTS) is 1. The van der Waals surface area contributed by atoms with Crippen LogP contribution in [0, 0.1) is 0 Å². The highest BCUT2D eigenvalue weighted by atomic mass is 16.4. The zero-order chi connectivity index (χ0) is 21.2. The number of piperazine rings is 1. The van der Waals surface area contributed by atoms with Gasteiger partial charge < -0.3 is 10.0 Å². The molecule has 5 heteroatoms. The van der Waals surface area contributed by atoms with Crippen LogP contribution in [0.3, 0.4) is 0 Å². The summed E-state index contributed by atoms with van der Waals surface area (Å²) >= 11 is 0.